The average Bonchev–Trinajstić information content (AvgIpc) is 2.23. The van der Waals surface area contributed by atoms with E-state index in [-0.39, 0.29) is 5.69 Å². The second-order valence-electron chi connectivity index (χ2n) is 3.29. The number of methoxy groups -OCH3 is 1. The van der Waals surface area contributed by atoms with Crippen LogP contribution >= 0.6 is 0 Å². The number of esters is 1. The molecule has 1 fully saturated rings. The summed E-state index contributed by atoms with van der Waals surface area (Å²) in [6.07, 6.45) is 0. The van der Waals surface area contributed by atoms with Gasteiger partial charge in [0.05, 0.1) is 13.2 Å². The number of nitrogens with zero attached hydrogens (tertiary/aromatic N) is 2. The topological polar surface area (TPSA) is 76.1 Å². The molecule has 1 aromatic heterocycles. The molecule has 1 saturated heterocycles. The maximum absolute atomic E-state index is 11.1. The number of carbonyl (C=O) groups excluding carboxylic acids is 1. The summed E-state index contributed by atoms with van der Waals surface area (Å²) >= 11 is 0. The first kappa shape index (κ1) is 9.85. The molecule has 2 rings (SSSR count). The van der Waals surface area contributed by atoms with Gasteiger partial charge in [0.2, 0.25) is 0 Å². The summed E-state index contributed by atoms with van der Waals surface area (Å²) in [5.74, 6) is 0.202. The molecular formula is C9H12N4O2. The van der Waals surface area contributed by atoms with Crippen LogP contribution in [0.5, 0.6) is 0 Å². The van der Waals surface area contributed by atoms with E-state index in [4.69, 9.17) is 0 Å². The highest BCUT2D eigenvalue weighted by Crippen LogP contribution is 2.06. The first-order chi connectivity index (χ1) is 7.29. The maximum atomic E-state index is 11.1. The molecule has 0 bridgehead atoms. The van der Waals surface area contributed by atoms with Crippen molar-refractivity contribution in [2.24, 2.45) is 0 Å². The van der Waals surface area contributed by atoms with Crippen molar-refractivity contribution in [2.45, 2.75) is 6.04 Å². The number of hydrogen-bond acceptors (Lipinski definition) is 6. The number of carbonyl (C=O) groups is 1. The van der Waals surface area contributed by atoms with Crippen LogP contribution < -0.4 is 10.6 Å². The van der Waals surface area contributed by atoms with Crippen molar-refractivity contribution in [1.29, 1.82) is 0 Å². The Bertz CT molecular complexity index is 348. The third kappa shape index (κ3) is 2.21. The lowest BCUT2D eigenvalue weighted by Gasteiger charge is -2.28. The van der Waals surface area contributed by atoms with E-state index in [0.717, 1.165) is 13.1 Å². The maximum Gasteiger partial charge on any atom is 0.358 e. The lowest BCUT2D eigenvalue weighted by atomic mass is 10.2. The third-order valence-corrected chi connectivity index (χ3v) is 2.19. The monoisotopic (exact) mass is 208 g/mol. The van der Waals surface area contributed by atoms with Crippen molar-refractivity contribution in [3.05, 3.63) is 17.8 Å². The molecule has 0 aromatic carbocycles. The van der Waals surface area contributed by atoms with E-state index < -0.39 is 5.97 Å². The first-order valence-electron chi connectivity index (χ1n) is 4.69. The van der Waals surface area contributed by atoms with Gasteiger partial charge < -0.3 is 15.4 Å². The fourth-order valence-corrected chi connectivity index (χ4v) is 1.22. The Kier molecular flexibility index (Phi) is 2.77. The Morgan fingerprint density at radius 2 is 2.33 bits per heavy atom. The predicted molar refractivity (Wildman–Crippen MR) is 53.7 cm³/mol. The van der Waals surface area contributed by atoms with Crippen molar-refractivity contribution in [1.82, 2.24) is 15.5 Å². The Labute approximate surface area is 87.0 Å². The molecule has 1 aliphatic rings. The highest BCUT2D eigenvalue weighted by Gasteiger charge is 2.16. The van der Waals surface area contributed by atoms with Crippen molar-refractivity contribution >= 4 is 11.8 Å². The lowest BCUT2D eigenvalue weighted by Crippen LogP contribution is -2.51. The summed E-state index contributed by atoms with van der Waals surface area (Å²) in [6, 6.07) is 3.72. The molecule has 0 atom stereocenters. The fraction of sp³-hybridized carbons (Fsp3) is 0.444. The quantitative estimate of drug-likeness (QED) is 0.661. The van der Waals surface area contributed by atoms with Crippen LogP contribution in [-0.4, -0.2) is 42.4 Å². The summed E-state index contributed by atoms with van der Waals surface area (Å²) in [5, 5.41) is 13.9. The molecule has 15 heavy (non-hydrogen) atoms. The van der Waals surface area contributed by atoms with Crippen LogP contribution in [-0.2, 0) is 4.74 Å². The molecule has 0 amide bonds. The zero-order valence-corrected chi connectivity index (χ0v) is 8.36. The molecule has 0 unspecified atom stereocenters. The average molecular weight is 208 g/mol. The molecule has 6 heteroatoms. The number of aromatic nitrogens is 2. The normalized spacial score (nSPS) is 15.5. The van der Waals surface area contributed by atoms with E-state index in [1.165, 1.54) is 7.11 Å². The van der Waals surface area contributed by atoms with Crippen LogP contribution in [0.3, 0.4) is 0 Å². The van der Waals surface area contributed by atoms with E-state index in [9.17, 15) is 4.79 Å². The fourth-order valence-electron chi connectivity index (χ4n) is 1.22. The summed E-state index contributed by atoms with van der Waals surface area (Å²) in [6.45, 7) is 1.86. The summed E-state index contributed by atoms with van der Waals surface area (Å²) in [7, 11) is 1.32. The van der Waals surface area contributed by atoms with Crippen LogP contribution in [0.1, 0.15) is 10.5 Å². The number of nitrogens with one attached hydrogen (secondary N) is 2. The minimum Gasteiger partial charge on any atom is -0.464 e. The molecule has 2 heterocycles. The van der Waals surface area contributed by atoms with Crippen LogP contribution in [0.25, 0.3) is 0 Å². The van der Waals surface area contributed by atoms with E-state index in [2.05, 4.69) is 25.6 Å². The van der Waals surface area contributed by atoms with Gasteiger partial charge in [-0.15, -0.1) is 10.2 Å². The molecule has 0 aliphatic carbocycles. The van der Waals surface area contributed by atoms with Crippen molar-refractivity contribution in [2.75, 3.05) is 25.5 Å². The number of hydrogen-bond donors (Lipinski definition) is 2. The van der Waals surface area contributed by atoms with Gasteiger partial charge in [0.1, 0.15) is 5.82 Å². The molecule has 6 nitrogen and oxygen atoms in total. The van der Waals surface area contributed by atoms with Crippen LogP contribution in [0, 0.1) is 0 Å². The van der Waals surface area contributed by atoms with E-state index in [1.807, 2.05) is 0 Å². The van der Waals surface area contributed by atoms with Crippen LogP contribution in [0.4, 0.5) is 5.82 Å². The smallest absolute Gasteiger partial charge is 0.358 e. The largest absolute Gasteiger partial charge is 0.464 e. The number of anilines is 1. The Hall–Kier alpha value is -1.69. The minimum atomic E-state index is -0.473. The standard InChI is InChI=1S/C9H12N4O2/c1-15-9(14)7-2-3-8(13-12-7)11-6-4-10-5-6/h2-3,6,10H,4-5H2,1H3,(H,11,13). The van der Waals surface area contributed by atoms with Gasteiger partial charge in [0.15, 0.2) is 5.69 Å². The van der Waals surface area contributed by atoms with E-state index >= 15 is 0 Å². The van der Waals surface area contributed by atoms with Gasteiger partial charge >= 0.3 is 5.97 Å². The summed E-state index contributed by atoms with van der Waals surface area (Å²) < 4.78 is 4.52. The molecule has 0 radical (unpaired) electrons. The van der Waals surface area contributed by atoms with Crippen LogP contribution in [0.15, 0.2) is 12.1 Å². The lowest BCUT2D eigenvalue weighted by molar-refractivity contribution is 0.0593. The molecule has 1 aliphatic heterocycles. The molecule has 2 N–H and O–H groups in total. The van der Waals surface area contributed by atoms with Gasteiger partial charge in [-0.1, -0.05) is 0 Å². The van der Waals surface area contributed by atoms with E-state index in [0.29, 0.717) is 11.9 Å². The summed E-state index contributed by atoms with van der Waals surface area (Å²) in [4.78, 5) is 11.1. The second-order valence-corrected chi connectivity index (χ2v) is 3.29. The Balaban J connectivity index is 1.99. The molecular weight excluding hydrogens is 196 g/mol. The molecule has 1 aromatic rings. The second kappa shape index (κ2) is 4.22. The molecule has 80 valence electrons. The summed E-state index contributed by atoms with van der Waals surface area (Å²) in [5.41, 5.74) is 0.217. The highest BCUT2D eigenvalue weighted by molar-refractivity contribution is 5.86. The van der Waals surface area contributed by atoms with Crippen molar-refractivity contribution in [3.63, 3.8) is 0 Å². The number of rotatable bonds is 3. The molecule has 0 saturated carbocycles. The van der Waals surface area contributed by atoms with Crippen molar-refractivity contribution < 1.29 is 9.53 Å². The van der Waals surface area contributed by atoms with E-state index in [1.54, 1.807) is 12.1 Å². The van der Waals surface area contributed by atoms with Crippen molar-refractivity contribution in [3.8, 4) is 0 Å². The zero-order chi connectivity index (χ0) is 10.7. The van der Waals surface area contributed by atoms with Crippen LogP contribution in [0.2, 0.25) is 0 Å². The third-order valence-electron chi connectivity index (χ3n) is 2.19. The van der Waals surface area contributed by atoms with Gasteiger partial charge in [-0.05, 0) is 12.1 Å². The Morgan fingerprint density at radius 3 is 2.80 bits per heavy atom. The minimum absolute atomic E-state index is 0.217. The molecule has 0 spiro atoms. The Morgan fingerprint density at radius 1 is 1.53 bits per heavy atom. The van der Waals surface area contributed by atoms with Gasteiger partial charge in [-0.3, -0.25) is 0 Å². The highest BCUT2D eigenvalue weighted by atomic mass is 16.5. The number of ether oxygens (including phenoxy) is 1. The zero-order valence-electron chi connectivity index (χ0n) is 8.36. The van der Waals surface area contributed by atoms with Gasteiger partial charge in [0, 0.05) is 13.1 Å². The SMILES string of the molecule is COC(=O)c1ccc(NC2CNC2)nn1. The van der Waals surface area contributed by atoms with Gasteiger partial charge in [-0.2, -0.15) is 0 Å². The van der Waals surface area contributed by atoms with Gasteiger partial charge in [0.25, 0.3) is 0 Å². The first-order valence-corrected chi connectivity index (χ1v) is 4.69. The predicted octanol–water partition coefficient (Wildman–Crippen LogP) is -0.353. The van der Waals surface area contributed by atoms with Gasteiger partial charge in [-0.25, -0.2) is 4.79 Å².